The molecule has 1 atom stereocenters. The number of benzene rings is 2. The number of rotatable bonds is 3. The number of aromatic nitrogens is 2. The van der Waals surface area contributed by atoms with Gasteiger partial charge in [-0.05, 0) is 62.6 Å². The second-order valence-corrected chi connectivity index (χ2v) is 9.19. The fourth-order valence-corrected chi connectivity index (χ4v) is 4.57. The Kier molecular flexibility index (Phi) is 6.28. The van der Waals surface area contributed by atoms with Crippen LogP contribution in [0.5, 0.6) is 5.75 Å². The SMILES string of the molecule is CC(C)Oc1ccc(-c2cnc3nc2NCCCCS(=N)c2cccc(c2)N3)cc1. The smallest absolute Gasteiger partial charge is 0.229 e. The van der Waals surface area contributed by atoms with E-state index in [1.54, 1.807) is 0 Å². The summed E-state index contributed by atoms with van der Waals surface area (Å²) in [5, 5.41) is 6.77. The first-order valence-electron chi connectivity index (χ1n) is 10.3. The first-order valence-corrected chi connectivity index (χ1v) is 11.6. The Bertz CT molecular complexity index is 1040. The molecule has 0 fully saturated rings. The number of nitrogens with zero attached hydrogens (tertiary/aromatic N) is 2. The summed E-state index contributed by atoms with van der Waals surface area (Å²) in [5.41, 5.74) is 2.91. The Morgan fingerprint density at radius 2 is 1.93 bits per heavy atom. The average Bonchev–Trinajstić information content (AvgIpc) is 2.74. The second kappa shape index (κ2) is 9.26. The van der Waals surface area contributed by atoms with Gasteiger partial charge in [-0.3, -0.25) is 4.78 Å². The van der Waals surface area contributed by atoms with Crippen LogP contribution >= 0.6 is 0 Å². The van der Waals surface area contributed by atoms with Crippen LogP contribution in [-0.2, 0) is 10.7 Å². The molecule has 1 aromatic heterocycles. The minimum absolute atomic E-state index is 0.145. The zero-order chi connectivity index (χ0) is 20.9. The highest BCUT2D eigenvalue weighted by Gasteiger charge is 2.12. The first-order chi connectivity index (χ1) is 14.6. The summed E-state index contributed by atoms with van der Waals surface area (Å²) in [5.74, 6) is 3.08. The summed E-state index contributed by atoms with van der Waals surface area (Å²) in [6, 6.07) is 16.1. The van der Waals surface area contributed by atoms with Crippen LogP contribution in [0.4, 0.5) is 17.5 Å². The van der Waals surface area contributed by atoms with E-state index in [-0.39, 0.29) is 6.10 Å². The minimum atomic E-state index is -0.500. The summed E-state index contributed by atoms with van der Waals surface area (Å²) in [4.78, 5) is 10.3. The quantitative estimate of drug-likeness (QED) is 0.511. The van der Waals surface area contributed by atoms with Crippen molar-refractivity contribution >= 4 is 28.1 Å². The fraction of sp³-hybridized carbons (Fsp3) is 0.304. The monoisotopic (exact) mass is 421 g/mol. The molecule has 3 aromatic rings. The van der Waals surface area contributed by atoms with Gasteiger partial charge < -0.3 is 15.4 Å². The lowest BCUT2D eigenvalue weighted by atomic mass is 10.1. The van der Waals surface area contributed by atoms with Gasteiger partial charge in [0.05, 0.1) is 6.10 Å². The molecular formula is C23H27N5OS. The molecule has 0 aliphatic carbocycles. The summed E-state index contributed by atoms with van der Waals surface area (Å²) in [7, 11) is -0.500. The highest BCUT2D eigenvalue weighted by Crippen LogP contribution is 2.30. The van der Waals surface area contributed by atoms with E-state index < -0.39 is 10.7 Å². The van der Waals surface area contributed by atoms with Crippen molar-refractivity contribution in [1.82, 2.24) is 9.97 Å². The molecule has 4 rings (SSSR count). The van der Waals surface area contributed by atoms with Gasteiger partial charge in [0, 0.05) is 34.6 Å². The lowest BCUT2D eigenvalue weighted by molar-refractivity contribution is 0.242. The Hall–Kier alpha value is -2.93. The van der Waals surface area contributed by atoms with Gasteiger partial charge in [0.25, 0.3) is 0 Å². The molecule has 7 heteroatoms. The predicted octanol–water partition coefficient (Wildman–Crippen LogP) is 5.62. The Morgan fingerprint density at radius 1 is 1.10 bits per heavy atom. The van der Waals surface area contributed by atoms with E-state index in [0.29, 0.717) is 5.95 Å². The number of anilines is 3. The maximum Gasteiger partial charge on any atom is 0.229 e. The maximum absolute atomic E-state index is 8.44. The van der Waals surface area contributed by atoms with Crippen molar-refractivity contribution in [2.24, 2.45) is 0 Å². The van der Waals surface area contributed by atoms with Crippen LogP contribution in [-0.4, -0.2) is 28.4 Å². The molecule has 30 heavy (non-hydrogen) atoms. The number of ether oxygens (including phenoxy) is 1. The highest BCUT2D eigenvalue weighted by molar-refractivity contribution is 7.86. The van der Waals surface area contributed by atoms with Gasteiger partial charge in [-0.25, -0.2) is 4.98 Å². The lowest BCUT2D eigenvalue weighted by Crippen LogP contribution is -2.08. The molecule has 1 unspecified atom stereocenters. The molecule has 0 saturated heterocycles. The third-order valence-electron chi connectivity index (χ3n) is 4.77. The lowest BCUT2D eigenvalue weighted by Gasteiger charge is -2.14. The van der Waals surface area contributed by atoms with Crippen LogP contribution in [0.15, 0.2) is 59.6 Å². The molecule has 1 aliphatic heterocycles. The molecule has 2 aromatic carbocycles. The summed E-state index contributed by atoms with van der Waals surface area (Å²) < 4.78 is 14.2. The van der Waals surface area contributed by atoms with Crippen molar-refractivity contribution in [2.75, 3.05) is 22.9 Å². The second-order valence-electron chi connectivity index (χ2n) is 7.53. The zero-order valence-corrected chi connectivity index (χ0v) is 18.1. The normalized spacial score (nSPS) is 16.4. The van der Waals surface area contributed by atoms with Crippen molar-refractivity contribution in [3.8, 4) is 16.9 Å². The number of nitrogens with one attached hydrogen (secondary N) is 3. The molecule has 0 spiro atoms. The third-order valence-corrected chi connectivity index (χ3v) is 6.29. The van der Waals surface area contributed by atoms with E-state index in [1.165, 1.54) is 0 Å². The molecule has 0 saturated carbocycles. The van der Waals surface area contributed by atoms with Crippen molar-refractivity contribution in [3.63, 3.8) is 0 Å². The van der Waals surface area contributed by atoms with Crippen LogP contribution in [0.1, 0.15) is 26.7 Å². The van der Waals surface area contributed by atoms with Crippen molar-refractivity contribution in [1.29, 1.82) is 4.78 Å². The summed E-state index contributed by atoms with van der Waals surface area (Å²) >= 11 is 0. The van der Waals surface area contributed by atoms with Gasteiger partial charge in [0.15, 0.2) is 0 Å². The molecule has 0 amide bonds. The van der Waals surface area contributed by atoms with Crippen LogP contribution < -0.4 is 15.4 Å². The Morgan fingerprint density at radius 3 is 2.73 bits per heavy atom. The highest BCUT2D eigenvalue weighted by atomic mass is 32.2. The van der Waals surface area contributed by atoms with Crippen LogP contribution in [0.2, 0.25) is 0 Å². The standard InChI is InChI=1S/C23H27N5OS/c1-16(2)29-19-10-8-17(9-11-19)21-15-26-23-27-18-6-5-7-20(14-18)30(24)13-4-3-12-25-22(21)28-23/h5-11,14-16,24H,3-4,12-13H2,1-2H3,(H2,25,26,27,28). The van der Waals surface area contributed by atoms with E-state index in [0.717, 1.165) is 58.4 Å². The number of fused-ring (bicyclic) bond motifs is 4. The van der Waals surface area contributed by atoms with E-state index in [1.807, 2.05) is 68.6 Å². The third kappa shape index (κ3) is 4.97. The first kappa shape index (κ1) is 20.3. The van der Waals surface area contributed by atoms with Gasteiger partial charge in [-0.2, -0.15) is 4.98 Å². The van der Waals surface area contributed by atoms with Crippen LogP contribution in [0, 0.1) is 4.78 Å². The molecule has 3 N–H and O–H groups in total. The van der Waals surface area contributed by atoms with Gasteiger partial charge >= 0.3 is 0 Å². The average molecular weight is 422 g/mol. The van der Waals surface area contributed by atoms with Gasteiger partial charge in [0.1, 0.15) is 11.6 Å². The van der Waals surface area contributed by atoms with Crippen LogP contribution in [0.3, 0.4) is 0 Å². The van der Waals surface area contributed by atoms with Gasteiger partial charge in [0.2, 0.25) is 5.95 Å². The van der Waals surface area contributed by atoms with Gasteiger partial charge in [-0.15, -0.1) is 0 Å². The largest absolute Gasteiger partial charge is 0.491 e. The number of hydrogen-bond acceptors (Lipinski definition) is 6. The minimum Gasteiger partial charge on any atom is -0.491 e. The predicted molar refractivity (Wildman–Crippen MR) is 124 cm³/mol. The van der Waals surface area contributed by atoms with E-state index in [2.05, 4.69) is 15.6 Å². The summed E-state index contributed by atoms with van der Waals surface area (Å²) in [6.07, 6.45) is 4.00. The molecule has 156 valence electrons. The maximum atomic E-state index is 8.44. The number of hydrogen-bond donors (Lipinski definition) is 3. The van der Waals surface area contributed by atoms with Crippen LogP contribution in [0.25, 0.3) is 11.1 Å². The molecule has 4 bridgehead atoms. The molecule has 6 nitrogen and oxygen atoms in total. The van der Waals surface area contributed by atoms with Gasteiger partial charge in [-0.1, -0.05) is 28.9 Å². The van der Waals surface area contributed by atoms with Crippen molar-refractivity contribution in [2.45, 2.75) is 37.7 Å². The summed E-state index contributed by atoms with van der Waals surface area (Å²) in [6.45, 7) is 4.85. The molecular weight excluding hydrogens is 394 g/mol. The van der Waals surface area contributed by atoms with Crippen molar-refractivity contribution < 1.29 is 4.74 Å². The molecule has 0 radical (unpaired) electrons. The molecule has 1 aliphatic rings. The molecule has 2 heterocycles. The Labute approximate surface area is 180 Å². The van der Waals surface area contributed by atoms with Crippen molar-refractivity contribution in [3.05, 3.63) is 54.7 Å². The Balaban J connectivity index is 1.65. The fourth-order valence-electron chi connectivity index (χ4n) is 3.33. The van der Waals surface area contributed by atoms with E-state index >= 15 is 0 Å². The topological polar surface area (TPSA) is 82.9 Å². The van der Waals surface area contributed by atoms with E-state index in [9.17, 15) is 0 Å². The van der Waals surface area contributed by atoms with E-state index in [4.69, 9.17) is 14.5 Å². The zero-order valence-electron chi connectivity index (χ0n) is 17.3.